The monoisotopic (exact) mass is 227 g/mol. The summed E-state index contributed by atoms with van der Waals surface area (Å²) in [5.74, 6) is 0. The van der Waals surface area contributed by atoms with Gasteiger partial charge >= 0.3 is 0 Å². The van der Waals surface area contributed by atoms with Crippen LogP contribution >= 0.6 is 0 Å². The molecule has 0 radical (unpaired) electrons. The molecule has 0 fully saturated rings. The lowest BCUT2D eigenvalue weighted by molar-refractivity contribution is 0.812. The molecule has 2 aromatic heterocycles. The van der Waals surface area contributed by atoms with Gasteiger partial charge in [0.05, 0.1) is 12.0 Å². The van der Waals surface area contributed by atoms with Gasteiger partial charge in [-0.2, -0.15) is 4.68 Å². The second kappa shape index (κ2) is 3.51. The Balaban J connectivity index is 2.36. The molecule has 0 aliphatic carbocycles. The number of hydrogen-bond acceptors (Lipinski definition) is 4. The van der Waals surface area contributed by atoms with Crippen LogP contribution in [0.15, 0.2) is 35.4 Å². The van der Waals surface area contributed by atoms with Crippen LogP contribution in [0, 0.1) is 6.92 Å². The van der Waals surface area contributed by atoms with Crippen molar-refractivity contribution in [1.29, 1.82) is 0 Å². The molecule has 0 atom stereocenters. The number of benzene rings is 1. The van der Waals surface area contributed by atoms with E-state index in [-0.39, 0.29) is 11.1 Å². The van der Waals surface area contributed by atoms with Crippen molar-refractivity contribution >= 4 is 11.2 Å². The molecular weight excluding hydrogens is 218 g/mol. The summed E-state index contributed by atoms with van der Waals surface area (Å²) < 4.78 is 1.57. The van der Waals surface area contributed by atoms with Gasteiger partial charge in [0.25, 0.3) is 5.56 Å². The lowest BCUT2D eigenvalue weighted by Gasteiger charge is -2.04. The van der Waals surface area contributed by atoms with Gasteiger partial charge in [-0.15, -0.1) is 5.10 Å². The Labute approximate surface area is 95.9 Å². The van der Waals surface area contributed by atoms with Crippen molar-refractivity contribution in [3.63, 3.8) is 0 Å². The summed E-state index contributed by atoms with van der Waals surface area (Å²) in [6.45, 7) is 1.97. The second-order valence-corrected chi connectivity index (χ2v) is 3.69. The normalized spacial score (nSPS) is 10.9. The first-order valence-electron chi connectivity index (χ1n) is 5.12. The van der Waals surface area contributed by atoms with E-state index >= 15 is 0 Å². The largest absolute Gasteiger partial charge is 0.311 e. The van der Waals surface area contributed by atoms with Crippen molar-refractivity contribution in [2.24, 2.45) is 0 Å². The van der Waals surface area contributed by atoms with Crippen molar-refractivity contribution in [3.8, 4) is 5.69 Å². The van der Waals surface area contributed by atoms with E-state index in [2.05, 4.69) is 20.3 Å². The molecule has 17 heavy (non-hydrogen) atoms. The fraction of sp³-hybridized carbons (Fsp3) is 0.0909. The molecule has 0 aliphatic rings. The number of H-pyrrole nitrogens is 1. The van der Waals surface area contributed by atoms with Gasteiger partial charge in [-0.1, -0.05) is 23.4 Å². The molecule has 84 valence electrons. The second-order valence-electron chi connectivity index (χ2n) is 3.69. The molecule has 3 rings (SSSR count). The topological polar surface area (TPSA) is 76.5 Å². The first-order chi connectivity index (χ1) is 8.27. The van der Waals surface area contributed by atoms with Crippen LogP contribution in [-0.2, 0) is 0 Å². The quantitative estimate of drug-likeness (QED) is 0.667. The van der Waals surface area contributed by atoms with Gasteiger partial charge in [0.1, 0.15) is 0 Å². The third-order valence-electron chi connectivity index (χ3n) is 2.59. The van der Waals surface area contributed by atoms with E-state index in [0.717, 1.165) is 11.3 Å². The van der Waals surface area contributed by atoms with Gasteiger partial charge in [0.15, 0.2) is 11.2 Å². The Morgan fingerprint density at radius 1 is 1.29 bits per heavy atom. The van der Waals surface area contributed by atoms with E-state index in [0.29, 0.717) is 5.65 Å². The van der Waals surface area contributed by atoms with Crippen LogP contribution in [0.3, 0.4) is 0 Å². The first-order valence-corrected chi connectivity index (χ1v) is 5.12. The fourth-order valence-corrected chi connectivity index (χ4v) is 1.72. The Kier molecular flexibility index (Phi) is 2.01. The smallest absolute Gasteiger partial charge is 0.280 e. The third-order valence-corrected chi connectivity index (χ3v) is 2.59. The molecule has 2 heterocycles. The summed E-state index contributed by atoms with van der Waals surface area (Å²) in [6, 6.07) is 7.73. The standard InChI is InChI=1S/C11H9N5O/c1-7-4-2-3-5-8(7)16-10-9(14-15-16)11(17)13-6-12-10/h2-6H,1H3,(H,12,13,17). The summed E-state index contributed by atoms with van der Waals surface area (Å²) >= 11 is 0. The van der Waals surface area contributed by atoms with Crippen LogP contribution in [0.2, 0.25) is 0 Å². The van der Waals surface area contributed by atoms with Crippen LogP contribution in [0.25, 0.3) is 16.9 Å². The predicted molar refractivity (Wildman–Crippen MR) is 62.0 cm³/mol. The van der Waals surface area contributed by atoms with E-state index in [9.17, 15) is 4.79 Å². The average molecular weight is 227 g/mol. The van der Waals surface area contributed by atoms with Gasteiger partial charge in [-0.3, -0.25) is 4.79 Å². The van der Waals surface area contributed by atoms with E-state index in [1.807, 2.05) is 31.2 Å². The Morgan fingerprint density at radius 2 is 2.12 bits per heavy atom. The molecule has 3 aromatic rings. The maximum Gasteiger partial charge on any atom is 0.280 e. The molecule has 6 heteroatoms. The van der Waals surface area contributed by atoms with Gasteiger partial charge in [-0.05, 0) is 18.6 Å². The maximum absolute atomic E-state index is 11.5. The molecule has 0 bridgehead atoms. The minimum atomic E-state index is -0.283. The number of para-hydroxylation sites is 1. The van der Waals surface area contributed by atoms with Crippen LogP contribution < -0.4 is 5.56 Å². The number of hydrogen-bond donors (Lipinski definition) is 1. The summed E-state index contributed by atoms with van der Waals surface area (Å²) in [5.41, 5.74) is 2.34. The number of rotatable bonds is 1. The Bertz CT molecular complexity index is 743. The number of aromatic nitrogens is 5. The van der Waals surface area contributed by atoms with Crippen molar-refractivity contribution in [2.45, 2.75) is 6.92 Å². The minimum absolute atomic E-state index is 0.246. The van der Waals surface area contributed by atoms with Gasteiger partial charge in [0.2, 0.25) is 0 Å². The highest BCUT2D eigenvalue weighted by Gasteiger charge is 2.11. The summed E-state index contributed by atoms with van der Waals surface area (Å²) in [6.07, 6.45) is 1.35. The van der Waals surface area contributed by atoms with E-state index in [1.165, 1.54) is 6.33 Å². The molecule has 6 nitrogen and oxygen atoms in total. The molecule has 0 saturated heterocycles. The zero-order valence-corrected chi connectivity index (χ0v) is 9.08. The molecular formula is C11H9N5O. The number of aryl methyl sites for hydroxylation is 1. The van der Waals surface area contributed by atoms with Crippen molar-refractivity contribution in [1.82, 2.24) is 25.0 Å². The average Bonchev–Trinajstić information content (AvgIpc) is 2.75. The summed E-state index contributed by atoms with van der Waals surface area (Å²) in [5, 5.41) is 7.81. The third kappa shape index (κ3) is 1.42. The Hall–Kier alpha value is -2.50. The predicted octanol–water partition coefficient (Wildman–Crippen LogP) is 0.812. The number of aromatic amines is 1. The number of nitrogens with zero attached hydrogens (tertiary/aromatic N) is 4. The lowest BCUT2D eigenvalue weighted by Crippen LogP contribution is -2.07. The van der Waals surface area contributed by atoms with Gasteiger partial charge in [-0.25, -0.2) is 4.98 Å². The van der Waals surface area contributed by atoms with Gasteiger partial charge in [0, 0.05) is 0 Å². The SMILES string of the molecule is Cc1ccccc1-n1nnc2c(=O)[nH]cnc21. The van der Waals surface area contributed by atoms with Crippen molar-refractivity contribution in [2.75, 3.05) is 0 Å². The number of fused-ring (bicyclic) bond motifs is 1. The number of nitrogens with one attached hydrogen (secondary N) is 1. The molecule has 0 unspecified atom stereocenters. The Morgan fingerprint density at radius 3 is 2.94 bits per heavy atom. The molecule has 0 spiro atoms. The van der Waals surface area contributed by atoms with Crippen molar-refractivity contribution < 1.29 is 0 Å². The maximum atomic E-state index is 11.5. The van der Waals surface area contributed by atoms with Crippen LogP contribution in [0.5, 0.6) is 0 Å². The zero-order valence-electron chi connectivity index (χ0n) is 9.08. The van der Waals surface area contributed by atoms with Crippen LogP contribution in [0.4, 0.5) is 0 Å². The first kappa shape index (κ1) is 9.71. The molecule has 0 amide bonds. The molecule has 1 N–H and O–H groups in total. The lowest BCUT2D eigenvalue weighted by atomic mass is 10.2. The highest BCUT2D eigenvalue weighted by atomic mass is 16.1. The molecule has 0 saturated carbocycles. The van der Waals surface area contributed by atoms with Gasteiger partial charge < -0.3 is 4.98 Å². The molecule has 0 aliphatic heterocycles. The highest BCUT2D eigenvalue weighted by Crippen LogP contribution is 2.15. The van der Waals surface area contributed by atoms with Crippen molar-refractivity contribution in [3.05, 3.63) is 46.5 Å². The molecule has 1 aromatic carbocycles. The highest BCUT2D eigenvalue weighted by molar-refractivity contribution is 5.70. The minimum Gasteiger partial charge on any atom is -0.311 e. The summed E-state index contributed by atoms with van der Waals surface area (Å²) in [4.78, 5) is 18.1. The zero-order chi connectivity index (χ0) is 11.8. The van der Waals surface area contributed by atoms with E-state index < -0.39 is 0 Å². The van der Waals surface area contributed by atoms with Crippen LogP contribution in [0.1, 0.15) is 5.56 Å². The van der Waals surface area contributed by atoms with E-state index in [4.69, 9.17) is 0 Å². The van der Waals surface area contributed by atoms with Crippen LogP contribution in [-0.4, -0.2) is 25.0 Å². The summed E-state index contributed by atoms with van der Waals surface area (Å²) in [7, 11) is 0. The fourth-order valence-electron chi connectivity index (χ4n) is 1.72. The van der Waals surface area contributed by atoms with E-state index in [1.54, 1.807) is 4.68 Å².